The highest BCUT2D eigenvalue weighted by Gasteiger charge is 2.38. The van der Waals surface area contributed by atoms with Gasteiger partial charge in [0.25, 0.3) is 0 Å². The molecule has 4 atom stereocenters. The Hall–Kier alpha value is -4.26. The van der Waals surface area contributed by atoms with E-state index in [0.29, 0.717) is 31.5 Å². The van der Waals surface area contributed by atoms with Crippen LogP contribution in [-0.4, -0.2) is 80.3 Å². The van der Waals surface area contributed by atoms with Crippen molar-refractivity contribution in [3.8, 4) is 0 Å². The molecule has 1 aliphatic heterocycles. The van der Waals surface area contributed by atoms with Crippen LogP contribution in [0.25, 0.3) is 0 Å². The number of benzene rings is 1. The van der Waals surface area contributed by atoms with Gasteiger partial charge in [0.2, 0.25) is 23.6 Å². The predicted molar refractivity (Wildman–Crippen MR) is 135 cm³/mol. The van der Waals surface area contributed by atoms with Gasteiger partial charge in [-0.25, -0.2) is 9.78 Å². The lowest BCUT2D eigenvalue weighted by Gasteiger charge is -2.28. The van der Waals surface area contributed by atoms with E-state index in [0.717, 1.165) is 5.56 Å². The molecule has 0 bridgehead atoms. The molecule has 13 nitrogen and oxygen atoms in total. The summed E-state index contributed by atoms with van der Waals surface area (Å²) in [7, 11) is 0. The lowest BCUT2D eigenvalue weighted by molar-refractivity contribution is -0.143. The number of nitrogens with two attached hydrogens (primary N) is 2. The second kappa shape index (κ2) is 13.3. The number of imidazole rings is 1. The number of primary amides is 1. The van der Waals surface area contributed by atoms with Gasteiger partial charge < -0.3 is 37.1 Å². The highest BCUT2D eigenvalue weighted by Crippen LogP contribution is 2.20. The summed E-state index contributed by atoms with van der Waals surface area (Å²) in [6.07, 6.45) is 3.73. The van der Waals surface area contributed by atoms with Crippen molar-refractivity contribution in [1.29, 1.82) is 0 Å². The zero-order valence-electron chi connectivity index (χ0n) is 20.8. The Morgan fingerprint density at radius 2 is 1.84 bits per heavy atom. The fraction of sp³-hybridized carbons (Fsp3) is 0.440. The van der Waals surface area contributed by atoms with E-state index in [2.05, 4.69) is 20.6 Å². The number of likely N-dealkylation sites (tertiary alicyclic amines) is 1. The first-order valence-electron chi connectivity index (χ1n) is 12.3. The van der Waals surface area contributed by atoms with E-state index in [9.17, 15) is 29.1 Å². The SMILES string of the molecule is NC(=O)CCC(NC(=O)C(Cc1cnc[nH]1)NC(=O)C1CCCN1C(=O)C(N)Cc1ccccc1)C(=O)O. The van der Waals surface area contributed by atoms with E-state index in [-0.39, 0.29) is 25.2 Å². The topological polar surface area (TPSA) is 214 Å². The fourth-order valence-electron chi connectivity index (χ4n) is 4.38. The zero-order chi connectivity index (χ0) is 27.7. The summed E-state index contributed by atoms with van der Waals surface area (Å²) in [6, 6.07) is 5.10. The Kier molecular flexibility index (Phi) is 9.93. The monoisotopic (exact) mass is 527 g/mol. The summed E-state index contributed by atoms with van der Waals surface area (Å²) in [5, 5.41) is 14.5. The lowest BCUT2D eigenvalue weighted by atomic mass is 10.0. The molecule has 3 rings (SSSR count). The maximum Gasteiger partial charge on any atom is 0.326 e. The van der Waals surface area contributed by atoms with Gasteiger partial charge in [0, 0.05) is 31.3 Å². The van der Waals surface area contributed by atoms with Crippen LogP contribution in [0.2, 0.25) is 0 Å². The van der Waals surface area contributed by atoms with Crippen LogP contribution in [0.15, 0.2) is 42.9 Å². The molecule has 2 heterocycles. The largest absolute Gasteiger partial charge is 0.480 e. The Balaban J connectivity index is 1.70. The number of carbonyl (C=O) groups excluding carboxylic acids is 4. The standard InChI is InChI=1S/C25H33N7O6/c26-17(11-15-5-2-1-3-6-15)24(36)32-10-4-7-20(32)23(35)31-19(12-16-13-28-14-29-16)22(34)30-18(25(37)38)8-9-21(27)33/h1-3,5-6,13-14,17-20H,4,7-12,26H2,(H2,27,33)(H,28,29)(H,30,34)(H,31,35)(H,37,38). The molecule has 0 radical (unpaired) electrons. The van der Waals surface area contributed by atoms with E-state index in [4.69, 9.17) is 11.5 Å². The number of aliphatic carboxylic acids is 1. The number of hydrogen-bond donors (Lipinski definition) is 6. The van der Waals surface area contributed by atoms with Gasteiger partial charge in [-0.2, -0.15) is 0 Å². The fourth-order valence-corrected chi connectivity index (χ4v) is 4.38. The molecule has 4 unspecified atom stereocenters. The van der Waals surface area contributed by atoms with Gasteiger partial charge in [0.15, 0.2) is 0 Å². The Morgan fingerprint density at radius 3 is 2.47 bits per heavy atom. The molecule has 1 aliphatic rings. The number of aromatic nitrogens is 2. The molecule has 0 aliphatic carbocycles. The van der Waals surface area contributed by atoms with Crippen LogP contribution in [0.1, 0.15) is 36.9 Å². The number of hydrogen-bond acceptors (Lipinski definition) is 7. The van der Waals surface area contributed by atoms with E-state index in [1.165, 1.54) is 17.4 Å². The molecule has 0 spiro atoms. The highest BCUT2D eigenvalue weighted by molar-refractivity contribution is 5.94. The third-order valence-corrected chi connectivity index (χ3v) is 6.36. The number of aromatic amines is 1. The molecule has 4 amide bonds. The van der Waals surface area contributed by atoms with Gasteiger partial charge in [-0.15, -0.1) is 0 Å². The maximum absolute atomic E-state index is 13.3. The molecule has 1 aromatic heterocycles. The van der Waals surface area contributed by atoms with Gasteiger partial charge >= 0.3 is 5.97 Å². The van der Waals surface area contributed by atoms with Crippen LogP contribution < -0.4 is 22.1 Å². The first-order valence-corrected chi connectivity index (χ1v) is 12.3. The summed E-state index contributed by atoms with van der Waals surface area (Å²) in [5.74, 6) is -3.72. The van der Waals surface area contributed by atoms with Crippen molar-refractivity contribution in [3.63, 3.8) is 0 Å². The quantitative estimate of drug-likeness (QED) is 0.186. The maximum atomic E-state index is 13.3. The Bertz CT molecular complexity index is 1120. The molecular weight excluding hydrogens is 494 g/mol. The number of amides is 4. The Labute approximate surface area is 219 Å². The minimum atomic E-state index is -1.38. The van der Waals surface area contributed by atoms with Crippen LogP contribution >= 0.6 is 0 Å². The summed E-state index contributed by atoms with van der Waals surface area (Å²) in [4.78, 5) is 70.4. The van der Waals surface area contributed by atoms with Crippen molar-refractivity contribution < 1.29 is 29.1 Å². The lowest BCUT2D eigenvalue weighted by Crippen LogP contribution is -2.57. The Morgan fingerprint density at radius 1 is 1.11 bits per heavy atom. The third kappa shape index (κ3) is 7.87. The predicted octanol–water partition coefficient (Wildman–Crippen LogP) is -1.17. The van der Waals surface area contributed by atoms with Crippen LogP contribution in [0.3, 0.4) is 0 Å². The van der Waals surface area contributed by atoms with Crippen molar-refractivity contribution >= 4 is 29.6 Å². The minimum Gasteiger partial charge on any atom is -0.480 e. The van der Waals surface area contributed by atoms with Crippen molar-refractivity contribution in [3.05, 3.63) is 54.1 Å². The summed E-state index contributed by atoms with van der Waals surface area (Å²) < 4.78 is 0. The molecule has 13 heteroatoms. The molecule has 1 saturated heterocycles. The molecular formula is C25H33N7O6. The molecule has 204 valence electrons. The van der Waals surface area contributed by atoms with E-state index in [1.807, 2.05) is 30.3 Å². The summed E-state index contributed by atoms with van der Waals surface area (Å²) >= 11 is 0. The van der Waals surface area contributed by atoms with Gasteiger partial charge in [0.05, 0.1) is 12.4 Å². The summed E-state index contributed by atoms with van der Waals surface area (Å²) in [5.41, 5.74) is 12.7. The number of H-pyrrole nitrogens is 1. The number of carboxylic acid groups (broad SMARTS) is 1. The van der Waals surface area contributed by atoms with Gasteiger partial charge in [-0.3, -0.25) is 19.2 Å². The molecule has 38 heavy (non-hydrogen) atoms. The van der Waals surface area contributed by atoms with E-state index < -0.39 is 47.9 Å². The minimum absolute atomic E-state index is 0.00603. The van der Waals surface area contributed by atoms with Gasteiger partial charge in [-0.1, -0.05) is 30.3 Å². The van der Waals surface area contributed by atoms with Gasteiger partial charge in [-0.05, 0) is 31.2 Å². The van der Waals surface area contributed by atoms with Crippen LogP contribution in [0.5, 0.6) is 0 Å². The second-order valence-corrected chi connectivity index (χ2v) is 9.23. The number of rotatable bonds is 13. The van der Waals surface area contributed by atoms with Crippen LogP contribution in [0, 0.1) is 0 Å². The molecule has 1 aromatic carbocycles. The van der Waals surface area contributed by atoms with Crippen molar-refractivity contribution in [2.45, 2.75) is 62.7 Å². The number of carboxylic acids is 1. The third-order valence-electron chi connectivity index (χ3n) is 6.36. The first kappa shape index (κ1) is 28.3. The second-order valence-electron chi connectivity index (χ2n) is 9.23. The molecule has 1 fully saturated rings. The molecule has 2 aromatic rings. The van der Waals surface area contributed by atoms with Gasteiger partial charge in [0.1, 0.15) is 18.1 Å². The number of nitrogens with one attached hydrogen (secondary N) is 3. The van der Waals surface area contributed by atoms with Crippen molar-refractivity contribution in [2.24, 2.45) is 11.5 Å². The van der Waals surface area contributed by atoms with E-state index in [1.54, 1.807) is 0 Å². The van der Waals surface area contributed by atoms with Crippen LogP contribution in [0.4, 0.5) is 0 Å². The van der Waals surface area contributed by atoms with E-state index >= 15 is 0 Å². The zero-order valence-corrected chi connectivity index (χ0v) is 20.8. The van der Waals surface area contributed by atoms with Crippen molar-refractivity contribution in [2.75, 3.05) is 6.54 Å². The van der Waals surface area contributed by atoms with Crippen LogP contribution in [-0.2, 0) is 36.8 Å². The highest BCUT2D eigenvalue weighted by atomic mass is 16.4. The molecule has 0 saturated carbocycles. The molecule has 8 N–H and O–H groups in total. The van der Waals surface area contributed by atoms with Crippen molar-refractivity contribution in [1.82, 2.24) is 25.5 Å². The number of carbonyl (C=O) groups is 5. The first-order chi connectivity index (χ1) is 18.2. The smallest absolute Gasteiger partial charge is 0.326 e. The average Bonchev–Trinajstić information content (AvgIpc) is 3.58. The summed E-state index contributed by atoms with van der Waals surface area (Å²) in [6.45, 7) is 0.352. The number of nitrogens with zero attached hydrogens (tertiary/aromatic N) is 2. The normalized spacial score (nSPS) is 17.3. The average molecular weight is 528 g/mol.